The quantitative estimate of drug-likeness (QED) is 0.775. The number of aliphatic carboxylic acids is 1. The Bertz CT molecular complexity index is 381. The van der Waals surface area contributed by atoms with Crippen LogP contribution in [0, 0.1) is 6.92 Å². The van der Waals surface area contributed by atoms with Crippen molar-refractivity contribution in [2.45, 2.75) is 19.4 Å². The number of rotatable bonds is 5. The van der Waals surface area contributed by atoms with Crippen molar-refractivity contribution in [3.63, 3.8) is 0 Å². The van der Waals surface area contributed by atoms with E-state index in [9.17, 15) is 9.90 Å². The standard InChI is InChI=1S/C11H14BrNO3/c1-7-9(12)3-2-4-10(7)13-6-8(14)5-11(15)16/h2-4,8,13-14H,5-6H2,1H3,(H,15,16). The third kappa shape index (κ3) is 3.83. The lowest BCUT2D eigenvalue weighted by molar-refractivity contribution is -0.138. The van der Waals surface area contributed by atoms with Gasteiger partial charge in [-0.25, -0.2) is 0 Å². The van der Waals surface area contributed by atoms with Crippen molar-refractivity contribution in [1.82, 2.24) is 0 Å². The summed E-state index contributed by atoms with van der Waals surface area (Å²) in [6.45, 7) is 2.17. The van der Waals surface area contributed by atoms with Crippen LogP contribution in [0.25, 0.3) is 0 Å². The number of carboxylic acids is 1. The van der Waals surface area contributed by atoms with Crippen LogP contribution in [0.1, 0.15) is 12.0 Å². The maximum absolute atomic E-state index is 10.3. The first-order valence-corrected chi connectivity index (χ1v) is 5.69. The van der Waals surface area contributed by atoms with Crippen molar-refractivity contribution in [3.05, 3.63) is 28.2 Å². The summed E-state index contributed by atoms with van der Waals surface area (Å²) in [5.74, 6) is -1.000. The molecule has 1 aromatic rings. The van der Waals surface area contributed by atoms with Gasteiger partial charge in [-0.1, -0.05) is 22.0 Å². The second-order valence-electron chi connectivity index (χ2n) is 3.54. The first-order valence-electron chi connectivity index (χ1n) is 4.89. The number of carboxylic acid groups (broad SMARTS) is 1. The molecular formula is C11H14BrNO3. The average molecular weight is 288 g/mol. The Labute approximate surface area is 102 Å². The summed E-state index contributed by atoms with van der Waals surface area (Å²) in [4.78, 5) is 10.3. The minimum atomic E-state index is -1.000. The summed E-state index contributed by atoms with van der Waals surface area (Å²) in [6.07, 6.45) is -1.13. The molecule has 0 aliphatic rings. The second-order valence-corrected chi connectivity index (χ2v) is 4.40. The van der Waals surface area contributed by atoms with Gasteiger partial charge in [-0.15, -0.1) is 0 Å². The molecule has 5 heteroatoms. The molecule has 1 unspecified atom stereocenters. The Hall–Kier alpha value is -1.07. The van der Waals surface area contributed by atoms with Crippen molar-refractivity contribution < 1.29 is 15.0 Å². The van der Waals surface area contributed by atoms with E-state index in [2.05, 4.69) is 21.2 Å². The van der Waals surface area contributed by atoms with Gasteiger partial charge in [0.1, 0.15) is 0 Å². The molecule has 0 aromatic heterocycles. The van der Waals surface area contributed by atoms with Crippen molar-refractivity contribution in [3.8, 4) is 0 Å². The van der Waals surface area contributed by atoms with Crippen LogP contribution in [-0.2, 0) is 4.79 Å². The number of aliphatic hydroxyl groups is 1. The molecule has 3 N–H and O–H groups in total. The normalized spacial score (nSPS) is 12.2. The zero-order chi connectivity index (χ0) is 12.1. The van der Waals surface area contributed by atoms with E-state index in [1.807, 2.05) is 25.1 Å². The molecule has 1 atom stereocenters. The van der Waals surface area contributed by atoms with E-state index in [1.165, 1.54) is 0 Å². The SMILES string of the molecule is Cc1c(Br)cccc1NCC(O)CC(=O)O. The molecule has 1 rings (SSSR count). The molecule has 0 saturated carbocycles. The van der Waals surface area contributed by atoms with Crippen molar-refractivity contribution >= 4 is 27.6 Å². The van der Waals surface area contributed by atoms with Crippen LogP contribution in [0.2, 0.25) is 0 Å². The third-order valence-corrected chi connectivity index (χ3v) is 3.07. The molecule has 4 nitrogen and oxygen atoms in total. The Morgan fingerprint density at radius 3 is 2.88 bits per heavy atom. The highest BCUT2D eigenvalue weighted by Gasteiger charge is 2.09. The molecule has 0 bridgehead atoms. The number of halogens is 1. The maximum Gasteiger partial charge on any atom is 0.306 e. The van der Waals surface area contributed by atoms with Gasteiger partial charge in [0, 0.05) is 16.7 Å². The van der Waals surface area contributed by atoms with Crippen LogP contribution < -0.4 is 5.32 Å². The second kappa shape index (κ2) is 5.86. The highest BCUT2D eigenvalue weighted by molar-refractivity contribution is 9.10. The monoisotopic (exact) mass is 287 g/mol. The lowest BCUT2D eigenvalue weighted by atomic mass is 10.2. The Morgan fingerprint density at radius 1 is 1.56 bits per heavy atom. The smallest absolute Gasteiger partial charge is 0.306 e. The minimum Gasteiger partial charge on any atom is -0.481 e. The highest BCUT2D eigenvalue weighted by atomic mass is 79.9. The molecule has 0 spiro atoms. The average Bonchev–Trinajstić information content (AvgIpc) is 2.19. The van der Waals surface area contributed by atoms with Crippen LogP contribution in [0.5, 0.6) is 0 Å². The van der Waals surface area contributed by atoms with E-state index >= 15 is 0 Å². The largest absolute Gasteiger partial charge is 0.481 e. The number of hydrogen-bond donors (Lipinski definition) is 3. The van der Waals surface area contributed by atoms with Crippen LogP contribution >= 0.6 is 15.9 Å². The molecular weight excluding hydrogens is 274 g/mol. The van der Waals surface area contributed by atoms with E-state index in [4.69, 9.17) is 5.11 Å². The number of anilines is 1. The lowest BCUT2D eigenvalue weighted by Crippen LogP contribution is -2.22. The fraction of sp³-hybridized carbons (Fsp3) is 0.364. The van der Waals surface area contributed by atoms with Crippen LogP contribution in [0.15, 0.2) is 22.7 Å². The predicted molar refractivity (Wildman–Crippen MR) is 65.6 cm³/mol. The highest BCUT2D eigenvalue weighted by Crippen LogP contribution is 2.23. The molecule has 0 heterocycles. The van der Waals surface area contributed by atoms with Crippen LogP contribution in [0.3, 0.4) is 0 Å². The topological polar surface area (TPSA) is 69.6 Å². The lowest BCUT2D eigenvalue weighted by Gasteiger charge is -2.13. The molecule has 88 valence electrons. The fourth-order valence-corrected chi connectivity index (χ4v) is 1.67. The van der Waals surface area contributed by atoms with Gasteiger partial charge in [0.15, 0.2) is 0 Å². The number of hydrogen-bond acceptors (Lipinski definition) is 3. The molecule has 0 radical (unpaired) electrons. The Morgan fingerprint density at radius 2 is 2.25 bits per heavy atom. The summed E-state index contributed by atoms with van der Waals surface area (Å²) in [5, 5.41) is 20.9. The summed E-state index contributed by atoms with van der Waals surface area (Å²) >= 11 is 3.40. The van der Waals surface area contributed by atoms with E-state index in [0.29, 0.717) is 0 Å². The fourth-order valence-electron chi connectivity index (χ4n) is 1.30. The number of nitrogens with one attached hydrogen (secondary N) is 1. The minimum absolute atomic E-state index is 0.226. The Kier molecular flexibility index (Phi) is 4.76. The van der Waals surface area contributed by atoms with E-state index < -0.39 is 12.1 Å². The van der Waals surface area contributed by atoms with Gasteiger partial charge < -0.3 is 15.5 Å². The molecule has 0 fully saturated rings. The van der Waals surface area contributed by atoms with E-state index in [-0.39, 0.29) is 13.0 Å². The molecule has 0 aliphatic heterocycles. The molecule has 0 saturated heterocycles. The number of benzene rings is 1. The zero-order valence-electron chi connectivity index (χ0n) is 8.90. The first kappa shape index (κ1) is 13.0. The predicted octanol–water partition coefficient (Wildman–Crippen LogP) is 2.01. The summed E-state index contributed by atoms with van der Waals surface area (Å²) in [7, 11) is 0. The Balaban J connectivity index is 2.54. The van der Waals surface area contributed by atoms with Crippen molar-refractivity contribution in [2.75, 3.05) is 11.9 Å². The summed E-state index contributed by atoms with van der Waals surface area (Å²) < 4.78 is 0.977. The van der Waals surface area contributed by atoms with Gasteiger partial charge >= 0.3 is 5.97 Å². The molecule has 0 amide bonds. The molecule has 0 aliphatic carbocycles. The van der Waals surface area contributed by atoms with Gasteiger partial charge in [0.05, 0.1) is 12.5 Å². The van der Waals surface area contributed by atoms with Crippen molar-refractivity contribution in [2.24, 2.45) is 0 Å². The zero-order valence-corrected chi connectivity index (χ0v) is 10.5. The number of aliphatic hydroxyl groups excluding tert-OH is 1. The van der Waals surface area contributed by atoms with Gasteiger partial charge in [0.25, 0.3) is 0 Å². The van der Waals surface area contributed by atoms with Gasteiger partial charge in [-0.05, 0) is 24.6 Å². The molecule has 1 aromatic carbocycles. The van der Waals surface area contributed by atoms with Crippen LogP contribution in [0.4, 0.5) is 5.69 Å². The van der Waals surface area contributed by atoms with Gasteiger partial charge in [-0.2, -0.15) is 0 Å². The van der Waals surface area contributed by atoms with Crippen molar-refractivity contribution in [1.29, 1.82) is 0 Å². The third-order valence-electron chi connectivity index (χ3n) is 2.21. The van der Waals surface area contributed by atoms with E-state index in [0.717, 1.165) is 15.7 Å². The summed E-state index contributed by atoms with van der Waals surface area (Å²) in [5.41, 5.74) is 1.92. The number of carbonyl (C=O) groups is 1. The maximum atomic E-state index is 10.3. The van der Waals surface area contributed by atoms with E-state index in [1.54, 1.807) is 0 Å². The first-order chi connectivity index (χ1) is 7.50. The van der Waals surface area contributed by atoms with Crippen LogP contribution in [-0.4, -0.2) is 28.8 Å². The molecule has 16 heavy (non-hydrogen) atoms. The van der Waals surface area contributed by atoms with Gasteiger partial charge in [-0.3, -0.25) is 4.79 Å². The summed E-state index contributed by atoms with van der Waals surface area (Å²) in [6, 6.07) is 5.69. The van der Waals surface area contributed by atoms with Gasteiger partial charge in [0.2, 0.25) is 0 Å².